The monoisotopic (exact) mass is 1030 g/mol. The molecule has 0 saturated carbocycles. The quantitative estimate of drug-likeness (QED) is 0.0234. The number of nitrogens with one attached hydrogen (secondary N) is 3. The first-order chi connectivity index (χ1) is 34.8. The van der Waals surface area contributed by atoms with E-state index in [2.05, 4.69) is 53.5 Å². The number of carbonyl (C=O) groups is 1. The lowest BCUT2D eigenvalue weighted by molar-refractivity contribution is -0.384. The first-order valence-electron chi connectivity index (χ1n) is 24.2. The summed E-state index contributed by atoms with van der Waals surface area (Å²) < 4.78 is 37.6. The Balaban J connectivity index is 0.963. The van der Waals surface area contributed by atoms with Crippen molar-refractivity contribution in [3.8, 4) is 34.2 Å². The number of carbonyl (C=O) groups excluding carboxylic acids is 1. The van der Waals surface area contributed by atoms with Gasteiger partial charge in [0.1, 0.15) is 5.69 Å². The molecule has 0 aliphatic carbocycles. The van der Waals surface area contributed by atoms with Crippen molar-refractivity contribution in [2.24, 2.45) is 7.05 Å². The number of likely N-dealkylation sites (N-methyl/N-ethyl adjacent to an activating group) is 1. The molecule has 376 valence electrons. The van der Waals surface area contributed by atoms with Gasteiger partial charge in [-0.15, -0.1) is 11.8 Å². The number of sulfonamides is 1. The Hall–Kier alpha value is -6.16. The summed E-state index contributed by atoms with van der Waals surface area (Å²) in [6.45, 7) is 11.4. The third kappa shape index (κ3) is 13.7. The van der Waals surface area contributed by atoms with Gasteiger partial charge in [0.25, 0.3) is 21.6 Å². The zero-order valence-electron chi connectivity index (χ0n) is 40.9. The SMILES string of the molecule is Cc1c(C(=O)NCCCN2CCN(C)CC2)c(-c2cccc(C#Cc3ccc(NS(=O)(=O)c4ccc(N[C@H](CCN5CCOCC5)CSc5ccccc5)c([N+](=O)[O-])c4)cc3)c2)c(-c2ccc(Cl)cc2)n1C. The van der Waals surface area contributed by atoms with Crippen LogP contribution in [-0.4, -0.2) is 129 Å². The van der Waals surface area contributed by atoms with Crippen LogP contribution in [0.3, 0.4) is 0 Å². The lowest BCUT2D eigenvalue weighted by Gasteiger charge is -2.32. The molecule has 3 heterocycles. The smallest absolute Gasteiger partial charge is 0.293 e. The lowest BCUT2D eigenvalue weighted by Crippen LogP contribution is -2.45. The Morgan fingerprint density at radius 3 is 2.25 bits per heavy atom. The van der Waals surface area contributed by atoms with Crippen LogP contribution in [0.25, 0.3) is 22.4 Å². The summed E-state index contributed by atoms with van der Waals surface area (Å²) >= 11 is 7.97. The molecule has 1 atom stereocenters. The topological polar surface area (TPSA) is 154 Å². The molecule has 2 fully saturated rings. The van der Waals surface area contributed by atoms with Crippen LogP contribution in [0.4, 0.5) is 17.1 Å². The third-order valence-electron chi connectivity index (χ3n) is 13.1. The van der Waals surface area contributed by atoms with Gasteiger partial charge in [0, 0.05) is 115 Å². The Kier molecular flexibility index (Phi) is 17.8. The van der Waals surface area contributed by atoms with Crippen molar-refractivity contribution in [3.05, 3.63) is 159 Å². The van der Waals surface area contributed by atoms with E-state index in [9.17, 15) is 23.3 Å². The number of aromatic nitrogens is 1. The predicted octanol–water partition coefficient (Wildman–Crippen LogP) is 9.09. The number of piperazine rings is 1. The van der Waals surface area contributed by atoms with Crippen LogP contribution in [0.5, 0.6) is 0 Å². The third-order valence-corrected chi connectivity index (χ3v) is 15.9. The van der Waals surface area contributed by atoms with Crippen molar-refractivity contribution in [1.82, 2.24) is 24.6 Å². The second-order valence-corrected chi connectivity index (χ2v) is 21.4. The molecule has 5 aromatic carbocycles. The standard InChI is InChI=1S/C55H61ClN8O6S2/c1-40-52(55(65)57-26-8-27-62-31-29-60(2)30-32-62)53(54(61(40)3)43-17-19-45(56)20-18-43)44-10-7-9-42(37-44)14-13-41-15-21-46(22-16-41)59-72(68,69)49-23-24-50(51(38-49)64(66)67)58-47(25-28-63-33-35-70-36-34-63)39-71-48-11-5-4-6-12-48/h4-7,9-12,15-24,37-38,47,58-59H,8,25-36,39H2,1-3H3,(H,57,65)/t47-/m1/s1. The van der Waals surface area contributed by atoms with Gasteiger partial charge >= 0.3 is 0 Å². The van der Waals surface area contributed by atoms with Crippen LogP contribution in [0.15, 0.2) is 131 Å². The van der Waals surface area contributed by atoms with Gasteiger partial charge < -0.3 is 29.7 Å². The summed E-state index contributed by atoms with van der Waals surface area (Å²) in [6, 6.07) is 35.8. The number of halogens is 1. The van der Waals surface area contributed by atoms with Crippen LogP contribution >= 0.6 is 23.4 Å². The molecule has 0 spiro atoms. The van der Waals surface area contributed by atoms with Gasteiger partial charge in [-0.25, -0.2) is 8.42 Å². The van der Waals surface area contributed by atoms with Crippen molar-refractivity contribution < 1.29 is 22.9 Å². The molecule has 0 unspecified atom stereocenters. The summed E-state index contributed by atoms with van der Waals surface area (Å²) in [5, 5.41) is 19.6. The number of nitro groups is 1. The number of nitro benzene ring substituents is 1. The summed E-state index contributed by atoms with van der Waals surface area (Å²) in [7, 11) is -0.104. The van der Waals surface area contributed by atoms with E-state index in [1.54, 1.807) is 36.0 Å². The van der Waals surface area contributed by atoms with Gasteiger partial charge in [-0.1, -0.05) is 65.9 Å². The first kappa shape index (κ1) is 52.2. The number of amides is 1. The number of anilines is 2. The fraction of sp³-hybridized carbons (Fsp3) is 0.327. The highest BCUT2D eigenvalue weighted by Gasteiger charge is 2.27. The van der Waals surface area contributed by atoms with E-state index in [0.29, 0.717) is 41.7 Å². The van der Waals surface area contributed by atoms with Gasteiger partial charge in [-0.05, 0) is 117 Å². The van der Waals surface area contributed by atoms with Crippen molar-refractivity contribution in [2.75, 3.05) is 95.0 Å². The van der Waals surface area contributed by atoms with Gasteiger partial charge in [0.05, 0.1) is 34.3 Å². The first-order valence-corrected chi connectivity index (χ1v) is 27.1. The van der Waals surface area contributed by atoms with E-state index >= 15 is 0 Å². The van der Waals surface area contributed by atoms with Gasteiger partial charge in [0.15, 0.2) is 0 Å². The molecule has 2 saturated heterocycles. The van der Waals surface area contributed by atoms with Crippen molar-refractivity contribution in [1.29, 1.82) is 0 Å². The Bertz CT molecular complexity index is 3000. The van der Waals surface area contributed by atoms with Crippen LogP contribution in [0, 0.1) is 28.9 Å². The minimum Gasteiger partial charge on any atom is -0.379 e. The number of thioether (sulfide) groups is 1. The largest absolute Gasteiger partial charge is 0.379 e. The van der Waals surface area contributed by atoms with E-state index in [1.165, 1.54) is 12.1 Å². The van der Waals surface area contributed by atoms with Gasteiger partial charge in [-0.2, -0.15) is 0 Å². The lowest BCUT2D eigenvalue weighted by atomic mass is 9.95. The number of rotatable bonds is 19. The Morgan fingerprint density at radius 1 is 0.819 bits per heavy atom. The van der Waals surface area contributed by atoms with Crippen molar-refractivity contribution in [3.63, 3.8) is 0 Å². The number of nitrogens with zero attached hydrogens (tertiary/aromatic N) is 5. The zero-order valence-corrected chi connectivity index (χ0v) is 43.3. The zero-order chi connectivity index (χ0) is 50.6. The molecule has 8 rings (SSSR count). The molecule has 3 N–H and O–H groups in total. The van der Waals surface area contributed by atoms with Crippen molar-refractivity contribution in [2.45, 2.75) is 35.6 Å². The highest BCUT2D eigenvalue weighted by Crippen LogP contribution is 2.39. The molecule has 72 heavy (non-hydrogen) atoms. The molecule has 1 amide bonds. The molecular formula is C55H61ClN8O6S2. The second kappa shape index (κ2) is 24.5. The summed E-state index contributed by atoms with van der Waals surface area (Å²) in [5.41, 5.74) is 6.42. The molecular weight excluding hydrogens is 968 g/mol. The average Bonchev–Trinajstić information content (AvgIpc) is 3.66. The molecule has 2 aliphatic heterocycles. The van der Waals surface area contributed by atoms with Crippen LogP contribution in [0.1, 0.15) is 40.0 Å². The maximum atomic E-state index is 14.1. The van der Waals surface area contributed by atoms with Crippen LogP contribution < -0.4 is 15.4 Å². The summed E-state index contributed by atoms with van der Waals surface area (Å²) in [4.78, 5) is 34.0. The molecule has 6 aromatic rings. The normalized spacial score (nSPS) is 15.1. The minimum absolute atomic E-state index is 0.135. The second-order valence-electron chi connectivity index (χ2n) is 18.2. The molecule has 0 radical (unpaired) electrons. The van der Waals surface area contributed by atoms with Gasteiger partial charge in [0.2, 0.25) is 0 Å². The van der Waals surface area contributed by atoms with E-state index < -0.39 is 14.9 Å². The Labute approximate surface area is 432 Å². The summed E-state index contributed by atoms with van der Waals surface area (Å²) in [5.74, 6) is 6.96. The van der Waals surface area contributed by atoms with Crippen molar-refractivity contribution >= 4 is 56.4 Å². The minimum atomic E-state index is -4.22. The number of hydrogen-bond donors (Lipinski definition) is 3. The number of ether oxygens (including phenoxy) is 1. The maximum absolute atomic E-state index is 14.1. The highest BCUT2D eigenvalue weighted by atomic mass is 35.5. The number of morpholine rings is 1. The maximum Gasteiger partial charge on any atom is 0.293 e. The van der Waals surface area contributed by atoms with E-state index in [1.807, 2.05) is 92.8 Å². The van der Waals surface area contributed by atoms with Crippen LogP contribution in [-0.2, 0) is 21.8 Å². The fourth-order valence-electron chi connectivity index (χ4n) is 8.95. The van der Waals surface area contributed by atoms with E-state index in [-0.39, 0.29) is 33.9 Å². The van der Waals surface area contributed by atoms with Crippen LogP contribution in [0.2, 0.25) is 5.02 Å². The highest BCUT2D eigenvalue weighted by molar-refractivity contribution is 7.99. The predicted molar refractivity (Wildman–Crippen MR) is 290 cm³/mol. The average molecular weight is 1030 g/mol. The molecule has 2 aliphatic rings. The molecule has 17 heteroatoms. The van der Waals surface area contributed by atoms with E-state index in [0.717, 1.165) is 110 Å². The Morgan fingerprint density at radius 2 is 1.53 bits per heavy atom. The van der Waals surface area contributed by atoms with E-state index in [4.69, 9.17) is 16.3 Å². The summed E-state index contributed by atoms with van der Waals surface area (Å²) in [6.07, 6.45) is 1.58. The molecule has 0 bridgehead atoms. The molecule has 1 aromatic heterocycles. The molecule has 14 nitrogen and oxygen atoms in total. The van der Waals surface area contributed by atoms with Gasteiger partial charge in [-0.3, -0.25) is 24.5 Å². The number of hydrogen-bond acceptors (Lipinski definition) is 11. The number of benzene rings is 5. The fourth-order valence-corrected chi connectivity index (χ4v) is 11.1.